The second-order valence-electron chi connectivity index (χ2n) is 6.93. The number of fused-ring (bicyclic) bond motifs is 1. The van der Waals surface area contributed by atoms with Gasteiger partial charge in [-0.25, -0.2) is 4.98 Å². The predicted octanol–water partition coefficient (Wildman–Crippen LogP) is 3.87. The molecule has 1 aliphatic rings. The monoisotopic (exact) mass is 347 g/mol. The molecule has 0 N–H and O–H groups in total. The lowest BCUT2D eigenvalue weighted by Crippen LogP contribution is -2.46. The molecule has 1 aliphatic heterocycles. The van der Waals surface area contributed by atoms with Crippen molar-refractivity contribution in [2.24, 2.45) is 0 Å². The van der Waals surface area contributed by atoms with Gasteiger partial charge in [-0.3, -0.25) is 4.90 Å². The summed E-state index contributed by atoms with van der Waals surface area (Å²) in [6.45, 7) is 7.24. The largest absolute Gasteiger partial charge is 0.494 e. The predicted molar refractivity (Wildman–Crippen MR) is 107 cm³/mol. The Morgan fingerprint density at radius 1 is 0.923 bits per heavy atom. The number of aromatic nitrogens is 1. The fourth-order valence-electron chi connectivity index (χ4n) is 3.56. The quantitative estimate of drug-likeness (QED) is 0.716. The fourth-order valence-corrected chi connectivity index (χ4v) is 3.56. The van der Waals surface area contributed by atoms with Crippen molar-refractivity contribution < 1.29 is 4.74 Å². The van der Waals surface area contributed by atoms with E-state index in [-0.39, 0.29) is 0 Å². The third kappa shape index (κ3) is 3.51. The van der Waals surface area contributed by atoms with Crippen LogP contribution in [0.3, 0.4) is 0 Å². The topological polar surface area (TPSA) is 28.6 Å². The van der Waals surface area contributed by atoms with E-state index in [1.807, 2.05) is 12.1 Å². The number of anilines is 1. The van der Waals surface area contributed by atoms with Crippen LogP contribution in [0.5, 0.6) is 5.75 Å². The molecule has 0 bridgehead atoms. The van der Waals surface area contributed by atoms with E-state index in [4.69, 9.17) is 9.72 Å². The highest BCUT2D eigenvalue weighted by Gasteiger charge is 2.18. The van der Waals surface area contributed by atoms with Gasteiger partial charge in [-0.2, -0.15) is 0 Å². The Morgan fingerprint density at radius 2 is 1.69 bits per heavy atom. The molecule has 0 atom stereocenters. The van der Waals surface area contributed by atoms with Gasteiger partial charge in [-0.1, -0.05) is 35.9 Å². The van der Waals surface area contributed by atoms with E-state index in [2.05, 4.69) is 59.2 Å². The molecule has 0 saturated carbocycles. The molecule has 1 saturated heterocycles. The Hall–Kier alpha value is -2.59. The number of aryl methyl sites for hydroxylation is 1. The van der Waals surface area contributed by atoms with Crippen LogP contribution in [0.15, 0.2) is 54.6 Å². The second kappa shape index (κ2) is 7.34. The van der Waals surface area contributed by atoms with Crippen molar-refractivity contribution in [1.29, 1.82) is 0 Å². The number of para-hydroxylation sites is 1. The first-order chi connectivity index (χ1) is 12.7. The Bertz CT molecular complexity index is 884. The first-order valence-corrected chi connectivity index (χ1v) is 9.19. The van der Waals surface area contributed by atoms with Gasteiger partial charge < -0.3 is 9.64 Å². The van der Waals surface area contributed by atoms with Gasteiger partial charge in [0.15, 0.2) is 0 Å². The van der Waals surface area contributed by atoms with Crippen LogP contribution in [0.2, 0.25) is 0 Å². The van der Waals surface area contributed by atoms with Gasteiger partial charge in [0.1, 0.15) is 11.3 Å². The normalized spacial score (nSPS) is 15.4. The molecule has 26 heavy (non-hydrogen) atoms. The molecule has 0 spiro atoms. The van der Waals surface area contributed by atoms with Crippen LogP contribution in [0.1, 0.15) is 11.3 Å². The van der Waals surface area contributed by atoms with E-state index in [9.17, 15) is 0 Å². The van der Waals surface area contributed by atoms with Crippen molar-refractivity contribution in [3.8, 4) is 5.75 Å². The third-order valence-corrected chi connectivity index (χ3v) is 5.12. The number of hydrogen-bond acceptors (Lipinski definition) is 4. The highest BCUT2D eigenvalue weighted by Crippen LogP contribution is 2.24. The summed E-state index contributed by atoms with van der Waals surface area (Å²) in [4.78, 5) is 9.79. The zero-order chi connectivity index (χ0) is 17.9. The van der Waals surface area contributed by atoms with E-state index in [1.165, 1.54) is 11.3 Å². The summed E-state index contributed by atoms with van der Waals surface area (Å²) in [6, 6.07) is 19.2. The average Bonchev–Trinajstić information content (AvgIpc) is 2.69. The van der Waals surface area contributed by atoms with Gasteiger partial charge in [0.05, 0.1) is 12.8 Å². The van der Waals surface area contributed by atoms with Crippen LogP contribution < -0.4 is 9.64 Å². The Morgan fingerprint density at radius 3 is 2.42 bits per heavy atom. The Kier molecular flexibility index (Phi) is 4.76. The smallest absolute Gasteiger partial charge is 0.145 e. The molecule has 4 rings (SSSR count). The molecule has 2 aromatic carbocycles. The van der Waals surface area contributed by atoms with Crippen LogP contribution >= 0.6 is 0 Å². The first-order valence-electron chi connectivity index (χ1n) is 9.19. The van der Waals surface area contributed by atoms with E-state index in [1.54, 1.807) is 7.11 Å². The lowest BCUT2D eigenvalue weighted by Gasteiger charge is -2.36. The maximum absolute atomic E-state index is 5.46. The summed E-state index contributed by atoms with van der Waals surface area (Å²) in [6.07, 6.45) is 0. The number of methoxy groups -OCH3 is 1. The molecule has 4 nitrogen and oxygen atoms in total. The summed E-state index contributed by atoms with van der Waals surface area (Å²) < 4.78 is 5.46. The molecular formula is C22H25N3O. The minimum absolute atomic E-state index is 0.841. The molecule has 1 aromatic heterocycles. The van der Waals surface area contributed by atoms with Gasteiger partial charge >= 0.3 is 0 Å². The molecule has 0 radical (unpaired) electrons. The number of hydrogen-bond donors (Lipinski definition) is 0. The summed E-state index contributed by atoms with van der Waals surface area (Å²) in [5.41, 5.74) is 4.69. The number of rotatable bonds is 4. The van der Waals surface area contributed by atoms with Gasteiger partial charge in [-0.15, -0.1) is 0 Å². The minimum Gasteiger partial charge on any atom is -0.494 e. The molecule has 0 aliphatic carbocycles. The maximum Gasteiger partial charge on any atom is 0.145 e. The Balaban J connectivity index is 1.42. The van der Waals surface area contributed by atoms with Crippen LogP contribution in [0, 0.1) is 6.92 Å². The maximum atomic E-state index is 5.46. The average molecular weight is 347 g/mol. The van der Waals surface area contributed by atoms with E-state index in [0.717, 1.165) is 55.1 Å². The summed E-state index contributed by atoms with van der Waals surface area (Å²) >= 11 is 0. The summed E-state index contributed by atoms with van der Waals surface area (Å²) in [5, 5.41) is 1.12. The standard InChI is InChI=1S/C22H25N3O/c1-17-6-10-20(11-7-17)25-14-12-24(13-15-25)16-19-9-8-18-4-3-5-21(26-2)22(18)23-19/h3-11H,12-16H2,1-2H3. The van der Waals surface area contributed by atoms with E-state index < -0.39 is 0 Å². The van der Waals surface area contributed by atoms with Crippen molar-refractivity contribution in [2.75, 3.05) is 38.2 Å². The number of nitrogens with zero attached hydrogens (tertiary/aromatic N) is 3. The highest BCUT2D eigenvalue weighted by molar-refractivity contribution is 5.84. The van der Waals surface area contributed by atoms with Gasteiger partial charge in [0.25, 0.3) is 0 Å². The van der Waals surface area contributed by atoms with Gasteiger partial charge in [0, 0.05) is 43.8 Å². The highest BCUT2D eigenvalue weighted by atomic mass is 16.5. The third-order valence-electron chi connectivity index (χ3n) is 5.12. The SMILES string of the molecule is COc1cccc2ccc(CN3CCN(c4ccc(C)cc4)CC3)nc12. The lowest BCUT2D eigenvalue weighted by molar-refractivity contribution is 0.247. The number of pyridine rings is 1. The molecule has 0 amide bonds. The van der Waals surface area contributed by atoms with Crippen LogP contribution in [-0.4, -0.2) is 43.2 Å². The fraction of sp³-hybridized carbons (Fsp3) is 0.318. The zero-order valence-electron chi connectivity index (χ0n) is 15.5. The van der Waals surface area contributed by atoms with Crippen LogP contribution in [0.25, 0.3) is 10.9 Å². The summed E-state index contributed by atoms with van der Waals surface area (Å²) in [5.74, 6) is 0.841. The van der Waals surface area contributed by atoms with Crippen LogP contribution in [0.4, 0.5) is 5.69 Å². The first kappa shape index (κ1) is 16.9. The molecule has 2 heterocycles. The minimum atomic E-state index is 0.841. The molecule has 3 aromatic rings. The second-order valence-corrected chi connectivity index (χ2v) is 6.93. The van der Waals surface area contributed by atoms with Crippen molar-refractivity contribution in [3.05, 3.63) is 65.9 Å². The van der Waals surface area contributed by atoms with Crippen molar-refractivity contribution >= 4 is 16.6 Å². The van der Waals surface area contributed by atoms with Gasteiger partial charge in [0.2, 0.25) is 0 Å². The molecule has 4 heteroatoms. The zero-order valence-corrected chi connectivity index (χ0v) is 15.5. The molecule has 1 fully saturated rings. The van der Waals surface area contributed by atoms with Crippen molar-refractivity contribution in [2.45, 2.75) is 13.5 Å². The number of ether oxygens (including phenoxy) is 1. The number of benzene rings is 2. The van der Waals surface area contributed by atoms with Crippen LogP contribution in [-0.2, 0) is 6.54 Å². The van der Waals surface area contributed by atoms with Crippen molar-refractivity contribution in [1.82, 2.24) is 9.88 Å². The molecular weight excluding hydrogens is 322 g/mol. The van der Waals surface area contributed by atoms with Crippen molar-refractivity contribution in [3.63, 3.8) is 0 Å². The van der Waals surface area contributed by atoms with Gasteiger partial charge in [-0.05, 0) is 31.2 Å². The Labute approximate surface area is 155 Å². The number of piperazine rings is 1. The summed E-state index contributed by atoms with van der Waals surface area (Å²) in [7, 11) is 1.70. The lowest BCUT2D eigenvalue weighted by atomic mass is 10.1. The van der Waals surface area contributed by atoms with E-state index in [0.29, 0.717) is 0 Å². The van der Waals surface area contributed by atoms with E-state index >= 15 is 0 Å². The molecule has 134 valence electrons. The molecule has 0 unspecified atom stereocenters.